The van der Waals surface area contributed by atoms with Crippen molar-refractivity contribution in [1.29, 1.82) is 0 Å². The zero-order valence-electron chi connectivity index (χ0n) is 27.7. The fourth-order valence-corrected chi connectivity index (χ4v) is 4.33. The Morgan fingerprint density at radius 3 is 1.18 bits per heavy atom. The first-order chi connectivity index (χ1) is 20.4. The molecule has 0 heterocycles. The van der Waals surface area contributed by atoms with E-state index < -0.39 is 54.0 Å². The van der Waals surface area contributed by atoms with Gasteiger partial charge in [0.2, 0.25) is 10.4 Å². The predicted molar refractivity (Wildman–Crippen MR) is 165 cm³/mol. The summed E-state index contributed by atoms with van der Waals surface area (Å²) in [6, 6.07) is 0. The summed E-state index contributed by atoms with van der Waals surface area (Å²) in [4.78, 5) is 10.2. The van der Waals surface area contributed by atoms with Crippen LogP contribution in [0, 0.1) is 0 Å². The molecule has 262 valence electrons. The number of carbonyl (C=O) groups is 1. The van der Waals surface area contributed by atoms with Gasteiger partial charge in [0, 0.05) is 6.42 Å². The Kier molecular flexibility index (Phi) is 43.5. The van der Waals surface area contributed by atoms with E-state index in [9.17, 15) is 17.8 Å². The van der Waals surface area contributed by atoms with E-state index in [2.05, 4.69) is 18.0 Å². The van der Waals surface area contributed by atoms with Gasteiger partial charge >= 0.3 is 35.5 Å². The van der Waals surface area contributed by atoms with Gasteiger partial charge in [-0.1, -0.05) is 123 Å². The predicted octanol–water partition coefficient (Wildman–Crippen LogP) is 0.795. The molecular weight excluding hydrogens is 607 g/mol. The number of hydrogen-bond acceptors (Lipinski definition) is 11. The molecule has 0 aromatic carbocycles. The van der Waals surface area contributed by atoms with E-state index >= 15 is 0 Å². The number of rotatable bonds is 27. The van der Waals surface area contributed by atoms with E-state index in [1.54, 1.807) is 0 Å². The first-order valence-corrected chi connectivity index (χ1v) is 17.5. The quantitative estimate of drug-likeness (QED) is 0.0279. The van der Waals surface area contributed by atoms with Gasteiger partial charge in [0.05, 0.1) is 19.8 Å². The average Bonchev–Trinajstić information content (AvgIpc) is 2.97. The smallest absolute Gasteiger partial charge is 0.726 e. The van der Waals surface area contributed by atoms with Crippen molar-refractivity contribution in [2.24, 2.45) is 0 Å². The molecule has 0 saturated carbocycles. The van der Waals surface area contributed by atoms with Gasteiger partial charge in [0.15, 0.2) is 0 Å². The third-order valence-electron chi connectivity index (χ3n) is 6.73. The second-order valence-electron chi connectivity index (χ2n) is 10.9. The van der Waals surface area contributed by atoms with Crippen LogP contribution >= 0.6 is 0 Å². The van der Waals surface area contributed by atoms with Gasteiger partial charge in [-0.15, -0.1) is 0 Å². The van der Waals surface area contributed by atoms with Crippen LogP contribution in [0.1, 0.15) is 142 Å². The van der Waals surface area contributed by atoms with Crippen molar-refractivity contribution in [3.63, 3.8) is 0 Å². The van der Waals surface area contributed by atoms with E-state index in [-0.39, 0.29) is 36.2 Å². The third-order valence-corrected chi connectivity index (χ3v) is 7.19. The number of hydrogen-bond donors (Lipinski definition) is 7. The van der Waals surface area contributed by atoms with E-state index in [1.807, 2.05) is 0 Å². The van der Waals surface area contributed by atoms with Crippen LogP contribution in [0.2, 0.25) is 0 Å². The van der Waals surface area contributed by atoms with Gasteiger partial charge in [-0.05, 0) is 12.8 Å². The van der Waals surface area contributed by atoms with Crippen LogP contribution in [0.4, 0.5) is 0 Å². The minimum absolute atomic E-state index is 0. The van der Waals surface area contributed by atoms with Crippen LogP contribution in [0.3, 0.4) is 0 Å². The summed E-state index contributed by atoms with van der Waals surface area (Å²) < 4.78 is 34.5. The summed E-state index contributed by atoms with van der Waals surface area (Å²) in [7, 11) is -4.48. The molecule has 0 rings (SSSR count). The second kappa shape index (κ2) is 37.6. The summed E-state index contributed by atoms with van der Waals surface area (Å²) in [5, 5.41) is 60.6. The number of aliphatic carboxylic acids is 1. The molecule has 0 aromatic heterocycles. The molecule has 44 heavy (non-hydrogen) atoms. The largest absolute Gasteiger partial charge is 1.00 e. The normalized spacial score (nSPS) is 13.8. The number of unbranched alkanes of at least 4 members (excludes halogenated alkanes) is 17. The van der Waals surface area contributed by atoms with Crippen LogP contribution in [0.25, 0.3) is 0 Å². The molecule has 0 aliphatic carbocycles. The average molecular weight is 671 g/mol. The maximum absolute atomic E-state index is 10.2. The number of carboxylic acid groups (broad SMARTS) is 1. The fraction of sp³-hybridized carbons (Fsp3) is 0.967. The van der Waals surface area contributed by atoms with Crippen LogP contribution in [0.5, 0.6) is 0 Å². The van der Waals surface area contributed by atoms with E-state index in [1.165, 1.54) is 89.9 Å². The molecule has 0 aliphatic rings. The molecule has 0 radical (unpaired) electrons. The Morgan fingerprint density at radius 2 is 0.909 bits per heavy atom. The first-order valence-electron chi connectivity index (χ1n) is 16.1. The van der Waals surface area contributed by atoms with Crippen molar-refractivity contribution in [1.82, 2.24) is 0 Å². The van der Waals surface area contributed by atoms with E-state index in [4.69, 9.17) is 35.7 Å². The van der Waals surface area contributed by atoms with Crippen LogP contribution in [0.15, 0.2) is 0 Å². The Labute approximate surface area is 288 Å². The van der Waals surface area contributed by atoms with Crippen LogP contribution < -0.4 is 29.6 Å². The molecule has 0 bridgehead atoms. The Hall–Kier alpha value is 0.1000. The first kappa shape index (κ1) is 50.9. The zero-order valence-corrected chi connectivity index (χ0v) is 30.5. The van der Waals surface area contributed by atoms with Crippen molar-refractivity contribution in [2.75, 3.05) is 19.8 Å². The van der Waals surface area contributed by atoms with Crippen molar-refractivity contribution in [2.45, 2.75) is 167 Å². The number of aliphatic hydroxyl groups is 6. The fourth-order valence-electron chi connectivity index (χ4n) is 4.01. The molecule has 14 heteroatoms. The molecular formula is C30H63NaO12S. The monoisotopic (exact) mass is 670 g/mol. The summed E-state index contributed by atoms with van der Waals surface area (Å²) >= 11 is 0. The summed E-state index contributed by atoms with van der Waals surface area (Å²) in [5.41, 5.74) is 0. The number of carboxylic acids is 1. The van der Waals surface area contributed by atoms with Gasteiger partial charge in [0.25, 0.3) is 0 Å². The molecule has 12 nitrogen and oxygen atoms in total. The molecule has 4 atom stereocenters. The van der Waals surface area contributed by atoms with Gasteiger partial charge in [0.1, 0.15) is 24.4 Å². The SMILES string of the molecule is CCCCCCCCCCCC(=O)O.CCCCCCCCCCCCOS(=O)(=O)[O-].OC[C@@H](O)[C@@H](O)[C@H](O)[C@@H](O)CO.[Na+]. The van der Waals surface area contributed by atoms with Gasteiger partial charge < -0.3 is 40.3 Å². The van der Waals surface area contributed by atoms with Crippen molar-refractivity contribution in [3.8, 4) is 0 Å². The Morgan fingerprint density at radius 1 is 0.614 bits per heavy atom. The number of aliphatic hydroxyl groups excluding tert-OH is 6. The molecule has 0 fully saturated rings. The molecule has 0 aliphatic heterocycles. The van der Waals surface area contributed by atoms with Crippen molar-refractivity contribution >= 4 is 16.4 Å². The minimum Gasteiger partial charge on any atom is -0.726 e. The molecule has 0 aromatic rings. The molecule has 0 amide bonds. The Bertz CT molecular complexity index is 671. The van der Waals surface area contributed by atoms with Crippen molar-refractivity contribution < 1.29 is 87.3 Å². The standard InChI is InChI=1S/C12H26O4S.C12H24O2.C6H14O6.Na/c1-2-3-4-5-6-7-8-9-10-11-12-16-17(13,14)15;1-2-3-4-5-6-7-8-9-10-11-12(13)14;7-1-3(9)5(11)6(12)4(10)2-8;/h2-12H2,1H3,(H,13,14,15);2-11H2,1H3,(H,13,14);3-12H,1-2H2;/q;;;+1/p-1/t;;3-,4+,5-,6-;/m..1./s1. The second-order valence-corrected chi connectivity index (χ2v) is 11.9. The third kappa shape index (κ3) is 42.1. The summed E-state index contributed by atoms with van der Waals surface area (Å²) in [6.45, 7) is 3.02. The Balaban J connectivity index is -0.000000274. The molecule has 0 unspecified atom stereocenters. The summed E-state index contributed by atoms with van der Waals surface area (Å²) in [6.07, 6.45) is 16.8. The molecule has 0 spiro atoms. The maximum atomic E-state index is 10.2. The summed E-state index contributed by atoms with van der Waals surface area (Å²) in [5.74, 6) is -0.659. The van der Waals surface area contributed by atoms with Gasteiger partial charge in [-0.3, -0.25) is 8.98 Å². The van der Waals surface area contributed by atoms with Gasteiger partial charge in [-0.25, -0.2) is 8.42 Å². The topological polar surface area (TPSA) is 225 Å². The maximum Gasteiger partial charge on any atom is 1.00 e. The van der Waals surface area contributed by atoms with Crippen LogP contribution in [-0.2, 0) is 19.4 Å². The van der Waals surface area contributed by atoms with Gasteiger partial charge in [-0.2, -0.15) is 0 Å². The zero-order chi connectivity index (χ0) is 33.4. The molecule has 0 saturated heterocycles. The molecule has 7 N–H and O–H groups in total. The minimum atomic E-state index is -4.48. The van der Waals surface area contributed by atoms with Crippen molar-refractivity contribution in [3.05, 3.63) is 0 Å². The van der Waals surface area contributed by atoms with E-state index in [0.717, 1.165) is 25.7 Å². The van der Waals surface area contributed by atoms with Crippen LogP contribution in [-0.4, -0.2) is 98.9 Å². The van der Waals surface area contributed by atoms with E-state index in [0.29, 0.717) is 12.8 Å².